The summed E-state index contributed by atoms with van der Waals surface area (Å²) in [6, 6.07) is 7.93. The number of nitrogens with zero attached hydrogens (tertiary/aromatic N) is 5. The summed E-state index contributed by atoms with van der Waals surface area (Å²) in [5, 5.41) is 27.5. The first-order valence-electron chi connectivity index (χ1n) is 10.0. The maximum Gasteiger partial charge on any atom is 0.433 e. The van der Waals surface area contributed by atoms with Crippen LogP contribution in [0.5, 0.6) is 0 Å². The standard InChI is InChI=1S/C21H22F3N7O/c1-12(25-6-7-32)18-20-15(10-16(27-18)21(22,23)24)19(29-30-20)14-5-3-4-13(8-14)9-17-28-26-11-31(17)2/h3-5,8,10-12,25,32H,6-7,9H2,1-2H3,(H,29,30). The van der Waals surface area contributed by atoms with Crippen molar-refractivity contribution in [1.82, 2.24) is 35.3 Å². The van der Waals surface area contributed by atoms with Gasteiger partial charge < -0.3 is 15.0 Å². The number of rotatable bonds is 7. The summed E-state index contributed by atoms with van der Waals surface area (Å²) in [4.78, 5) is 3.85. The maximum absolute atomic E-state index is 13.6. The van der Waals surface area contributed by atoms with E-state index >= 15 is 0 Å². The van der Waals surface area contributed by atoms with Crippen LogP contribution in [0.2, 0.25) is 0 Å². The van der Waals surface area contributed by atoms with E-state index in [-0.39, 0.29) is 18.8 Å². The molecule has 0 saturated heterocycles. The monoisotopic (exact) mass is 445 g/mol. The Kier molecular flexibility index (Phi) is 5.94. The molecule has 0 aliphatic carbocycles. The average molecular weight is 445 g/mol. The maximum atomic E-state index is 13.6. The molecule has 1 aromatic carbocycles. The smallest absolute Gasteiger partial charge is 0.395 e. The van der Waals surface area contributed by atoms with Crippen LogP contribution in [-0.4, -0.2) is 48.2 Å². The van der Waals surface area contributed by atoms with Crippen molar-refractivity contribution in [3.8, 4) is 11.3 Å². The molecule has 0 aliphatic heterocycles. The minimum absolute atomic E-state index is 0.140. The van der Waals surface area contributed by atoms with Crippen molar-refractivity contribution >= 4 is 10.9 Å². The molecule has 0 fully saturated rings. The fraction of sp³-hybridized carbons (Fsp3) is 0.333. The van der Waals surface area contributed by atoms with Crippen molar-refractivity contribution in [2.24, 2.45) is 7.05 Å². The van der Waals surface area contributed by atoms with Crippen LogP contribution in [0.3, 0.4) is 0 Å². The lowest BCUT2D eigenvalue weighted by Crippen LogP contribution is -2.24. The molecule has 168 valence electrons. The van der Waals surface area contributed by atoms with E-state index in [0.717, 1.165) is 17.5 Å². The third kappa shape index (κ3) is 4.34. The van der Waals surface area contributed by atoms with Gasteiger partial charge in [-0.3, -0.25) is 5.10 Å². The summed E-state index contributed by atoms with van der Waals surface area (Å²) >= 11 is 0. The van der Waals surface area contributed by atoms with E-state index in [2.05, 4.69) is 30.7 Å². The third-order valence-electron chi connectivity index (χ3n) is 5.21. The van der Waals surface area contributed by atoms with Crippen LogP contribution >= 0.6 is 0 Å². The molecule has 8 nitrogen and oxygen atoms in total. The molecule has 0 spiro atoms. The predicted octanol–water partition coefficient (Wildman–Crippen LogP) is 3.01. The first kappa shape index (κ1) is 21.9. The number of fused-ring (bicyclic) bond motifs is 1. The van der Waals surface area contributed by atoms with Crippen LogP contribution in [0.15, 0.2) is 36.7 Å². The molecule has 3 N–H and O–H groups in total. The van der Waals surface area contributed by atoms with Gasteiger partial charge >= 0.3 is 6.18 Å². The van der Waals surface area contributed by atoms with Crippen LogP contribution in [0.4, 0.5) is 13.2 Å². The molecule has 0 radical (unpaired) electrons. The van der Waals surface area contributed by atoms with Crippen molar-refractivity contribution in [2.45, 2.75) is 25.6 Å². The van der Waals surface area contributed by atoms with Crippen LogP contribution < -0.4 is 5.32 Å². The van der Waals surface area contributed by atoms with Crippen molar-refractivity contribution in [3.63, 3.8) is 0 Å². The third-order valence-corrected chi connectivity index (χ3v) is 5.21. The number of benzene rings is 1. The number of aryl methyl sites for hydroxylation is 1. The van der Waals surface area contributed by atoms with Gasteiger partial charge in [-0.25, -0.2) is 4.98 Å². The van der Waals surface area contributed by atoms with Gasteiger partial charge in [0.1, 0.15) is 23.5 Å². The Morgan fingerprint density at radius 2 is 2.06 bits per heavy atom. The summed E-state index contributed by atoms with van der Waals surface area (Å²) in [7, 11) is 1.85. The van der Waals surface area contributed by atoms with E-state index in [1.54, 1.807) is 19.3 Å². The Morgan fingerprint density at radius 3 is 2.75 bits per heavy atom. The summed E-state index contributed by atoms with van der Waals surface area (Å²) in [5.41, 5.74) is 1.64. The van der Waals surface area contributed by atoms with Crippen molar-refractivity contribution in [3.05, 3.63) is 59.4 Å². The van der Waals surface area contributed by atoms with E-state index in [1.165, 1.54) is 0 Å². The fourth-order valence-electron chi connectivity index (χ4n) is 3.58. The van der Waals surface area contributed by atoms with Crippen LogP contribution in [-0.2, 0) is 19.6 Å². The average Bonchev–Trinajstić information content (AvgIpc) is 3.37. The van der Waals surface area contributed by atoms with E-state index in [4.69, 9.17) is 5.11 Å². The summed E-state index contributed by atoms with van der Waals surface area (Å²) in [6.45, 7) is 1.78. The molecule has 0 aliphatic rings. The second-order valence-electron chi connectivity index (χ2n) is 7.52. The van der Waals surface area contributed by atoms with Gasteiger partial charge in [-0.15, -0.1) is 10.2 Å². The van der Waals surface area contributed by atoms with Crippen LogP contribution in [0.25, 0.3) is 22.2 Å². The Hall–Kier alpha value is -3.31. The largest absolute Gasteiger partial charge is 0.433 e. The molecule has 4 aromatic rings. The Morgan fingerprint density at radius 1 is 1.25 bits per heavy atom. The van der Waals surface area contributed by atoms with Gasteiger partial charge in [0.2, 0.25) is 0 Å². The van der Waals surface area contributed by atoms with Gasteiger partial charge in [0.25, 0.3) is 0 Å². The van der Waals surface area contributed by atoms with Crippen molar-refractivity contribution in [1.29, 1.82) is 0 Å². The molecular weight excluding hydrogens is 423 g/mol. The first-order valence-corrected chi connectivity index (χ1v) is 10.0. The van der Waals surface area contributed by atoms with Crippen LogP contribution in [0, 0.1) is 0 Å². The zero-order chi connectivity index (χ0) is 22.9. The highest BCUT2D eigenvalue weighted by atomic mass is 19.4. The number of halogens is 3. The molecule has 11 heteroatoms. The topological polar surface area (TPSA) is 105 Å². The highest BCUT2D eigenvalue weighted by Crippen LogP contribution is 2.36. The lowest BCUT2D eigenvalue weighted by Gasteiger charge is -2.16. The van der Waals surface area contributed by atoms with E-state index < -0.39 is 17.9 Å². The molecule has 32 heavy (non-hydrogen) atoms. The molecule has 3 heterocycles. The van der Waals surface area contributed by atoms with Crippen molar-refractivity contribution in [2.75, 3.05) is 13.2 Å². The van der Waals surface area contributed by atoms with Gasteiger partial charge in [0.15, 0.2) is 0 Å². The number of hydrogen-bond donors (Lipinski definition) is 3. The number of hydrogen-bond acceptors (Lipinski definition) is 6. The van der Waals surface area contributed by atoms with Crippen molar-refractivity contribution < 1.29 is 18.3 Å². The summed E-state index contributed by atoms with van der Waals surface area (Å²) in [6.07, 6.45) is -2.48. The number of H-pyrrole nitrogens is 1. The SMILES string of the molecule is CC(NCCO)c1nc(C(F)(F)F)cc2c(-c3cccc(Cc4nncn4C)c3)n[nH]c12. The molecule has 0 bridgehead atoms. The molecule has 0 amide bonds. The number of aliphatic hydroxyl groups is 1. The second kappa shape index (κ2) is 8.67. The lowest BCUT2D eigenvalue weighted by atomic mass is 10.0. The van der Waals surface area contributed by atoms with Gasteiger partial charge in [0, 0.05) is 37.0 Å². The number of pyridine rings is 1. The normalized spacial score (nSPS) is 13.1. The van der Waals surface area contributed by atoms with E-state index in [9.17, 15) is 13.2 Å². The lowest BCUT2D eigenvalue weighted by molar-refractivity contribution is -0.141. The summed E-state index contributed by atoms with van der Waals surface area (Å²) < 4.78 is 42.6. The number of nitrogens with one attached hydrogen (secondary N) is 2. The minimum Gasteiger partial charge on any atom is -0.395 e. The zero-order valence-corrected chi connectivity index (χ0v) is 17.5. The Balaban J connectivity index is 1.80. The fourth-order valence-corrected chi connectivity index (χ4v) is 3.58. The second-order valence-corrected chi connectivity index (χ2v) is 7.52. The molecule has 0 saturated carbocycles. The van der Waals surface area contributed by atoms with Gasteiger partial charge in [-0.05, 0) is 24.6 Å². The molecule has 1 atom stereocenters. The Labute approximate surface area is 181 Å². The zero-order valence-electron chi connectivity index (χ0n) is 17.5. The molecule has 4 rings (SSSR count). The minimum atomic E-state index is -4.61. The summed E-state index contributed by atoms with van der Waals surface area (Å²) in [5.74, 6) is 0.767. The number of alkyl halides is 3. The number of aromatic nitrogens is 6. The van der Waals surface area contributed by atoms with Crippen LogP contribution in [0.1, 0.15) is 35.7 Å². The molecule has 3 aromatic heterocycles. The van der Waals surface area contributed by atoms with E-state index in [0.29, 0.717) is 28.6 Å². The first-order chi connectivity index (χ1) is 15.3. The Bertz CT molecular complexity index is 1230. The predicted molar refractivity (Wildman–Crippen MR) is 112 cm³/mol. The van der Waals surface area contributed by atoms with Gasteiger partial charge in [-0.1, -0.05) is 18.2 Å². The molecule has 1 unspecified atom stereocenters. The number of aliphatic hydroxyl groups excluding tert-OH is 1. The van der Waals surface area contributed by atoms with Gasteiger partial charge in [0.05, 0.1) is 17.8 Å². The molecular formula is C21H22F3N7O. The highest BCUT2D eigenvalue weighted by Gasteiger charge is 2.34. The van der Waals surface area contributed by atoms with Gasteiger partial charge in [-0.2, -0.15) is 18.3 Å². The van der Waals surface area contributed by atoms with E-state index in [1.807, 2.05) is 29.8 Å². The highest BCUT2D eigenvalue weighted by molar-refractivity contribution is 5.94. The number of aromatic amines is 1. The quantitative estimate of drug-likeness (QED) is 0.404.